The third-order valence-corrected chi connectivity index (χ3v) is 7.87. The number of ether oxygens (including phenoxy) is 5. The molecule has 0 radical (unpaired) electrons. The number of pyridine rings is 1. The highest BCUT2D eigenvalue weighted by Gasteiger charge is 2.30. The second-order valence-electron chi connectivity index (χ2n) is 10.7. The number of aromatic nitrogens is 2. The van der Waals surface area contributed by atoms with Gasteiger partial charge in [0.2, 0.25) is 0 Å². The highest BCUT2D eigenvalue weighted by Crippen LogP contribution is 2.42. The first-order valence-electron chi connectivity index (χ1n) is 14.3. The van der Waals surface area contributed by atoms with Crippen LogP contribution in [0.15, 0.2) is 30.3 Å². The number of rotatable bonds is 14. The Balaban J connectivity index is 1.55. The summed E-state index contributed by atoms with van der Waals surface area (Å²) in [5.41, 5.74) is 6.37. The van der Waals surface area contributed by atoms with E-state index in [-0.39, 0.29) is 0 Å². The molecule has 1 aliphatic heterocycles. The number of fused-ring (bicyclic) bond motifs is 1. The number of anilines is 1. The zero-order chi connectivity index (χ0) is 27.2. The van der Waals surface area contributed by atoms with Gasteiger partial charge in [0.05, 0.1) is 62.2 Å². The predicted molar refractivity (Wildman–Crippen MR) is 153 cm³/mol. The van der Waals surface area contributed by atoms with Crippen LogP contribution in [0.3, 0.4) is 0 Å². The number of methoxy groups -OCH3 is 3. The van der Waals surface area contributed by atoms with Crippen molar-refractivity contribution < 1.29 is 23.7 Å². The van der Waals surface area contributed by atoms with Crippen molar-refractivity contribution in [3.8, 4) is 22.8 Å². The molecule has 0 N–H and O–H groups in total. The fraction of sp³-hybridized carbons (Fsp3) is 0.581. The summed E-state index contributed by atoms with van der Waals surface area (Å²) >= 11 is 0. The first-order chi connectivity index (χ1) is 19.2. The fourth-order valence-corrected chi connectivity index (χ4v) is 5.62. The number of hydrogen-bond donors (Lipinski definition) is 0. The average Bonchev–Trinajstić information content (AvgIpc) is 3.71. The van der Waals surface area contributed by atoms with Crippen LogP contribution in [0.5, 0.6) is 11.5 Å². The van der Waals surface area contributed by atoms with E-state index in [4.69, 9.17) is 28.8 Å². The Bertz CT molecular complexity index is 1210. The van der Waals surface area contributed by atoms with E-state index < -0.39 is 0 Å². The van der Waals surface area contributed by atoms with E-state index in [0.717, 1.165) is 91.0 Å². The van der Waals surface area contributed by atoms with Gasteiger partial charge in [0.15, 0.2) is 0 Å². The minimum atomic E-state index is 0.453. The van der Waals surface area contributed by atoms with Gasteiger partial charge in [-0.05, 0) is 73.8 Å². The molecule has 1 saturated heterocycles. The highest BCUT2D eigenvalue weighted by molar-refractivity contribution is 5.82. The molecule has 2 aromatic heterocycles. The third kappa shape index (κ3) is 6.34. The Morgan fingerprint density at radius 3 is 2.26 bits per heavy atom. The van der Waals surface area contributed by atoms with Gasteiger partial charge in [0.1, 0.15) is 11.5 Å². The molecule has 0 atom stereocenters. The summed E-state index contributed by atoms with van der Waals surface area (Å²) < 4.78 is 30.4. The van der Waals surface area contributed by atoms with E-state index in [1.807, 2.05) is 12.1 Å². The van der Waals surface area contributed by atoms with Gasteiger partial charge in [-0.1, -0.05) is 13.0 Å². The zero-order valence-electron chi connectivity index (χ0n) is 23.9. The van der Waals surface area contributed by atoms with Gasteiger partial charge >= 0.3 is 0 Å². The molecule has 0 bridgehead atoms. The lowest BCUT2D eigenvalue weighted by molar-refractivity contribution is 0.0615. The summed E-state index contributed by atoms with van der Waals surface area (Å²) in [5, 5.41) is 5.19. The van der Waals surface area contributed by atoms with Crippen LogP contribution >= 0.6 is 0 Å². The Hall–Kier alpha value is -2.81. The quantitative estimate of drug-likeness (QED) is 0.256. The van der Waals surface area contributed by atoms with Crippen molar-refractivity contribution in [2.75, 3.05) is 65.7 Å². The van der Waals surface area contributed by atoms with E-state index in [9.17, 15) is 0 Å². The third-order valence-electron chi connectivity index (χ3n) is 7.87. The number of hydrogen-bond acceptors (Lipinski definition) is 7. The monoisotopic (exact) mass is 537 g/mol. The van der Waals surface area contributed by atoms with Crippen molar-refractivity contribution in [1.82, 2.24) is 9.61 Å². The largest absolute Gasteiger partial charge is 0.496 e. The van der Waals surface area contributed by atoms with Crippen LogP contribution in [0, 0.1) is 11.8 Å². The normalized spacial score (nSPS) is 16.1. The van der Waals surface area contributed by atoms with E-state index in [0.29, 0.717) is 25.7 Å². The SMILES string of the molecule is CCc1nn2c(-c3c(OC)cc(COCCOC)cc3OC)cccc2c1N(CC1CCOCC1)CC1CC1. The standard InChI is InChI=1S/C31H43N3O5/c1-5-25-31(33(19-22-9-10-22)20-23-11-13-38-14-12-23)27-8-6-7-26(34(27)32-25)30-28(36-3)17-24(18-29(30)37-4)21-39-16-15-35-2/h6-8,17-18,22-23H,5,9-16,19-21H2,1-4H3. The molecule has 212 valence electrons. The molecule has 8 nitrogen and oxygen atoms in total. The number of nitrogens with zero attached hydrogens (tertiary/aromatic N) is 3. The van der Waals surface area contributed by atoms with Crippen LogP contribution < -0.4 is 14.4 Å². The summed E-state index contributed by atoms with van der Waals surface area (Å²) in [6.45, 7) is 7.64. The lowest BCUT2D eigenvalue weighted by atomic mass is 9.99. The maximum absolute atomic E-state index is 5.91. The molecule has 0 amide bonds. The van der Waals surface area contributed by atoms with Crippen LogP contribution in [0.4, 0.5) is 5.69 Å². The second kappa shape index (κ2) is 13.0. The first-order valence-corrected chi connectivity index (χ1v) is 14.3. The fourth-order valence-electron chi connectivity index (χ4n) is 5.62. The molecule has 1 saturated carbocycles. The molecule has 2 fully saturated rings. The lowest BCUT2D eigenvalue weighted by Crippen LogP contribution is -2.34. The number of aryl methyl sites for hydroxylation is 1. The van der Waals surface area contributed by atoms with Crippen LogP contribution in [0.25, 0.3) is 16.8 Å². The van der Waals surface area contributed by atoms with Gasteiger partial charge < -0.3 is 28.6 Å². The molecule has 5 rings (SSSR count). The van der Waals surface area contributed by atoms with Gasteiger partial charge in [-0.3, -0.25) is 0 Å². The van der Waals surface area contributed by atoms with Crippen molar-refractivity contribution >= 4 is 11.2 Å². The Morgan fingerprint density at radius 1 is 0.949 bits per heavy atom. The molecule has 0 unspecified atom stereocenters. The summed E-state index contributed by atoms with van der Waals surface area (Å²) in [4.78, 5) is 2.63. The van der Waals surface area contributed by atoms with E-state index in [2.05, 4.69) is 34.5 Å². The van der Waals surface area contributed by atoms with E-state index in [1.165, 1.54) is 18.5 Å². The maximum atomic E-state index is 5.91. The minimum absolute atomic E-state index is 0.453. The zero-order valence-corrected chi connectivity index (χ0v) is 23.9. The molecule has 1 aromatic carbocycles. The van der Waals surface area contributed by atoms with Gasteiger partial charge in [-0.15, -0.1) is 0 Å². The lowest BCUT2D eigenvalue weighted by Gasteiger charge is -2.31. The molecule has 8 heteroatoms. The summed E-state index contributed by atoms with van der Waals surface area (Å²) in [5.74, 6) is 2.91. The van der Waals surface area contributed by atoms with Crippen molar-refractivity contribution in [3.05, 3.63) is 41.6 Å². The smallest absolute Gasteiger partial charge is 0.132 e. The van der Waals surface area contributed by atoms with Crippen molar-refractivity contribution in [3.63, 3.8) is 0 Å². The molecule has 0 spiro atoms. The molecule has 1 aliphatic carbocycles. The summed E-state index contributed by atoms with van der Waals surface area (Å²) in [6.07, 6.45) is 5.78. The van der Waals surface area contributed by atoms with Crippen LogP contribution in [0.1, 0.15) is 43.9 Å². The van der Waals surface area contributed by atoms with Gasteiger partial charge in [-0.25, -0.2) is 4.52 Å². The molecular formula is C31H43N3O5. The second-order valence-corrected chi connectivity index (χ2v) is 10.7. The Morgan fingerprint density at radius 2 is 1.64 bits per heavy atom. The van der Waals surface area contributed by atoms with Crippen molar-refractivity contribution in [2.45, 2.75) is 45.6 Å². The molecule has 39 heavy (non-hydrogen) atoms. The minimum Gasteiger partial charge on any atom is -0.496 e. The van der Waals surface area contributed by atoms with Crippen molar-refractivity contribution in [2.24, 2.45) is 11.8 Å². The number of benzene rings is 1. The van der Waals surface area contributed by atoms with Crippen molar-refractivity contribution in [1.29, 1.82) is 0 Å². The molecule has 3 heterocycles. The van der Waals surface area contributed by atoms with Crippen LogP contribution in [-0.4, -0.2) is 70.5 Å². The van der Waals surface area contributed by atoms with Gasteiger partial charge in [-0.2, -0.15) is 5.10 Å². The molecule has 2 aliphatic rings. The van der Waals surface area contributed by atoms with E-state index in [1.54, 1.807) is 21.3 Å². The van der Waals surface area contributed by atoms with Gasteiger partial charge in [0.25, 0.3) is 0 Å². The summed E-state index contributed by atoms with van der Waals surface area (Å²) in [7, 11) is 5.07. The highest BCUT2D eigenvalue weighted by atomic mass is 16.5. The predicted octanol–water partition coefficient (Wildman–Crippen LogP) is 5.39. The molecular weight excluding hydrogens is 494 g/mol. The average molecular weight is 538 g/mol. The Kier molecular flexibility index (Phi) is 9.27. The first kappa shape index (κ1) is 27.7. The van der Waals surface area contributed by atoms with Crippen LogP contribution in [-0.2, 0) is 27.2 Å². The molecule has 3 aromatic rings. The Labute approximate surface area is 232 Å². The van der Waals surface area contributed by atoms with E-state index >= 15 is 0 Å². The van der Waals surface area contributed by atoms with Gasteiger partial charge in [0, 0.05) is 33.4 Å². The topological polar surface area (TPSA) is 66.7 Å². The maximum Gasteiger partial charge on any atom is 0.132 e. The summed E-state index contributed by atoms with van der Waals surface area (Å²) in [6, 6.07) is 10.5. The van der Waals surface area contributed by atoms with Crippen LogP contribution in [0.2, 0.25) is 0 Å².